The number of likely N-dealkylation sites (N-methyl/N-ethyl adjacent to an activating group) is 1. The quantitative estimate of drug-likeness (QED) is 0.319. The molecular weight excluding hydrogens is 518 g/mol. The lowest BCUT2D eigenvalue weighted by atomic mass is 9.77. The summed E-state index contributed by atoms with van der Waals surface area (Å²) in [7, 11) is 0. The highest BCUT2D eigenvalue weighted by Crippen LogP contribution is 2.33. The van der Waals surface area contributed by atoms with Gasteiger partial charge < -0.3 is 21.7 Å². The molecule has 2 aliphatic rings. The summed E-state index contributed by atoms with van der Waals surface area (Å²) in [5.41, 5.74) is 8.99. The Labute approximate surface area is 242 Å². The first-order chi connectivity index (χ1) is 19.4. The minimum absolute atomic E-state index is 0.101. The summed E-state index contributed by atoms with van der Waals surface area (Å²) in [5.74, 6) is -1.36. The van der Waals surface area contributed by atoms with Crippen molar-refractivity contribution in [3.8, 4) is 0 Å². The lowest BCUT2D eigenvalue weighted by molar-refractivity contribution is -0.133. The lowest BCUT2D eigenvalue weighted by Gasteiger charge is -2.38. The number of carbonyl (C=O) groups is 4. The second-order valence-corrected chi connectivity index (χ2v) is 12.3. The summed E-state index contributed by atoms with van der Waals surface area (Å²) in [4.78, 5) is 53.0. The highest BCUT2D eigenvalue weighted by atomic mass is 16.2. The molecule has 9 nitrogen and oxygen atoms in total. The molecule has 2 aromatic rings. The summed E-state index contributed by atoms with van der Waals surface area (Å²) in [6.07, 6.45) is 3.17. The van der Waals surface area contributed by atoms with Crippen LogP contribution in [0.4, 0.5) is 0 Å². The molecule has 0 bridgehead atoms. The van der Waals surface area contributed by atoms with Gasteiger partial charge in [-0.05, 0) is 79.0 Å². The Balaban J connectivity index is 1.65. The van der Waals surface area contributed by atoms with E-state index >= 15 is 0 Å². The fourth-order valence-corrected chi connectivity index (χ4v) is 5.90. The van der Waals surface area contributed by atoms with Crippen LogP contribution in [0.25, 0.3) is 0 Å². The number of rotatable bonds is 9. The minimum atomic E-state index is -0.925. The zero-order valence-corrected chi connectivity index (χ0v) is 24.7. The number of fused-ring (bicyclic) bond motifs is 2. The third kappa shape index (κ3) is 6.85. The van der Waals surface area contributed by atoms with Crippen LogP contribution in [0, 0.1) is 5.41 Å². The number of hydrogen-bond donors (Lipinski definition) is 5. The van der Waals surface area contributed by atoms with E-state index in [-0.39, 0.29) is 29.2 Å². The van der Waals surface area contributed by atoms with Crippen LogP contribution in [-0.4, -0.2) is 48.2 Å². The van der Waals surface area contributed by atoms with Crippen molar-refractivity contribution in [1.29, 1.82) is 0 Å². The fraction of sp³-hybridized carbons (Fsp3) is 0.500. The molecule has 1 aliphatic carbocycles. The highest BCUT2D eigenvalue weighted by Gasteiger charge is 2.42. The summed E-state index contributed by atoms with van der Waals surface area (Å²) in [5, 5.41) is 12.5. The molecular formula is C32H43N5O4. The van der Waals surface area contributed by atoms with Crippen LogP contribution in [0.15, 0.2) is 42.5 Å². The highest BCUT2D eigenvalue weighted by molar-refractivity contribution is 5.98. The molecule has 6 N–H and O–H groups in total. The maximum Gasteiger partial charge on any atom is 0.248 e. The van der Waals surface area contributed by atoms with Crippen molar-refractivity contribution >= 4 is 23.5 Å². The van der Waals surface area contributed by atoms with Gasteiger partial charge >= 0.3 is 0 Å². The van der Waals surface area contributed by atoms with Gasteiger partial charge in [-0.15, -0.1) is 0 Å². The molecule has 3 amide bonds. The second-order valence-electron chi connectivity index (χ2n) is 12.3. The third-order valence-corrected chi connectivity index (χ3v) is 8.16. The Hall–Kier alpha value is -3.56. The van der Waals surface area contributed by atoms with E-state index in [0.29, 0.717) is 18.5 Å². The van der Waals surface area contributed by atoms with Gasteiger partial charge in [0.05, 0.1) is 30.2 Å². The van der Waals surface area contributed by atoms with E-state index in [2.05, 4.69) is 33.4 Å². The fourth-order valence-electron chi connectivity index (χ4n) is 5.90. The Morgan fingerprint density at radius 2 is 1.78 bits per heavy atom. The summed E-state index contributed by atoms with van der Waals surface area (Å²) < 4.78 is 0. The van der Waals surface area contributed by atoms with Crippen molar-refractivity contribution in [1.82, 2.24) is 21.3 Å². The van der Waals surface area contributed by atoms with E-state index < -0.39 is 35.5 Å². The van der Waals surface area contributed by atoms with Gasteiger partial charge in [0.2, 0.25) is 17.7 Å². The normalized spacial score (nSPS) is 21.5. The van der Waals surface area contributed by atoms with Crippen LogP contribution in [0.1, 0.15) is 92.2 Å². The van der Waals surface area contributed by atoms with Gasteiger partial charge in [0.25, 0.3) is 0 Å². The number of amides is 3. The van der Waals surface area contributed by atoms with Crippen molar-refractivity contribution in [3.63, 3.8) is 0 Å². The van der Waals surface area contributed by atoms with Gasteiger partial charge in [-0.1, -0.05) is 58.0 Å². The predicted molar refractivity (Wildman–Crippen MR) is 158 cm³/mol. The van der Waals surface area contributed by atoms with Crippen LogP contribution in [0.3, 0.4) is 0 Å². The maximum absolute atomic E-state index is 14.3. The second kappa shape index (κ2) is 12.5. The molecule has 1 aliphatic heterocycles. The Morgan fingerprint density at radius 1 is 1.05 bits per heavy atom. The van der Waals surface area contributed by atoms with Crippen molar-refractivity contribution in [3.05, 3.63) is 70.3 Å². The molecule has 0 aromatic heterocycles. The largest absolute Gasteiger partial charge is 0.366 e. The van der Waals surface area contributed by atoms with Crippen LogP contribution in [-0.2, 0) is 27.2 Å². The number of hydrogen-bond acceptors (Lipinski definition) is 6. The average molecular weight is 562 g/mol. The molecule has 2 aromatic carbocycles. The van der Waals surface area contributed by atoms with Gasteiger partial charge in [0.1, 0.15) is 0 Å². The summed E-state index contributed by atoms with van der Waals surface area (Å²) >= 11 is 0. The van der Waals surface area contributed by atoms with Crippen molar-refractivity contribution < 1.29 is 19.2 Å². The van der Waals surface area contributed by atoms with Crippen LogP contribution in [0.5, 0.6) is 0 Å². The third-order valence-electron chi connectivity index (χ3n) is 8.16. The maximum atomic E-state index is 14.3. The van der Waals surface area contributed by atoms with E-state index in [1.807, 2.05) is 39.8 Å². The number of nitrogens with one attached hydrogen (secondary N) is 4. The number of primary amides is 1. The molecule has 0 spiro atoms. The van der Waals surface area contributed by atoms with Crippen molar-refractivity contribution in [2.75, 3.05) is 6.54 Å². The number of aryl methyl sites for hydroxylation is 1. The van der Waals surface area contributed by atoms with Gasteiger partial charge in [0.15, 0.2) is 5.78 Å². The van der Waals surface area contributed by atoms with Crippen molar-refractivity contribution in [2.24, 2.45) is 11.1 Å². The molecule has 41 heavy (non-hydrogen) atoms. The zero-order valence-electron chi connectivity index (χ0n) is 24.7. The average Bonchev–Trinajstić information content (AvgIpc) is 2.94. The number of benzene rings is 2. The van der Waals surface area contributed by atoms with Crippen molar-refractivity contribution in [2.45, 2.75) is 90.5 Å². The molecule has 0 radical (unpaired) electrons. The summed E-state index contributed by atoms with van der Waals surface area (Å²) in [6.45, 7) is 9.94. The lowest BCUT2D eigenvalue weighted by Crippen LogP contribution is -2.59. The van der Waals surface area contributed by atoms with Crippen LogP contribution in [0.2, 0.25) is 0 Å². The topological polar surface area (TPSA) is 142 Å². The first-order valence-corrected chi connectivity index (χ1v) is 14.5. The molecule has 2 unspecified atom stereocenters. The zero-order chi connectivity index (χ0) is 29.9. The number of carbonyl (C=O) groups excluding carboxylic acids is 4. The Kier molecular flexibility index (Phi) is 9.29. The van der Waals surface area contributed by atoms with Gasteiger partial charge in [0, 0.05) is 5.56 Å². The van der Waals surface area contributed by atoms with Crippen LogP contribution >= 0.6 is 0 Å². The number of ketones is 1. The molecule has 0 saturated carbocycles. The minimum Gasteiger partial charge on any atom is -0.366 e. The van der Waals surface area contributed by atoms with E-state index in [4.69, 9.17) is 5.73 Å². The van der Waals surface area contributed by atoms with E-state index in [1.165, 1.54) is 5.56 Å². The molecule has 1 heterocycles. The smallest absolute Gasteiger partial charge is 0.248 e. The number of Topliss-reactive ketones (excluding diaryl/α,β-unsaturated/α-hetero) is 1. The van der Waals surface area contributed by atoms with E-state index in [9.17, 15) is 19.2 Å². The molecule has 4 rings (SSSR count). The van der Waals surface area contributed by atoms with Gasteiger partial charge in [-0.25, -0.2) is 0 Å². The Morgan fingerprint density at radius 3 is 2.46 bits per heavy atom. The monoisotopic (exact) mass is 561 g/mol. The molecule has 9 heteroatoms. The Bertz CT molecular complexity index is 1320. The van der Waals surface area contributed by atoms with Gasteiger partial charge in [-0.2, -0.15) is 0 Å². The first-order valence-electron chi connectivity index (χ1n) is 14.5. The standard InChI is InChI=1S/C32H43N5O4/c1-6-34-18(2)30(40)37-28(32(3,4)5)27(38)26-23-16-21(29(33)39)15-14-20(23)17-25(35-26)31(41)36-24-13-9-11-19-10-7-8-12-22(19)24/h7-8,10,12,14-16,18,24-26,28,34-35H,6,9,11,13,17H2,1-5H3,(H2,33,39)(H,36,41)(H,37,40)/t18-,24+,25?,26?,28+/m0/s1. The molecule has 0 saturated heterocycles. The number of nitrogens with two attached hydrogens (primary N) is 1. The van der Waals surface area contributed by atoms with Crippen LogP contribution < -0.4 is 27.0 Å². The molecule has 0 fully saturated rings. The van der Waals surface area contributed by atoms with E-state index in [1.54, 1.807) is 25.1 Å². The van der Waals surface area contributed by atoms with E-state index in [0.717, 1.165) is 30.4 Å². The predicted octanol–water partition coefficient (Wildman–Crippen LogP) is 2.63. The van der Waals surface area contributed by atoms with Gasteiger partial charge in [-0.3, -0.25) is 24.5 Å². The first kappa shape index (κ1) is 30.4. The summed E-state index contributed by atoms with van der Waals surface area (Å²) in [6, 6.07) is 10.1. The SMILES string of the molecule is CCN[C@@H](C)C(=O)N[C@H](C(=O)C1NC(C(=O)N[C@@H]2CCCc3ccccc32)Cc2ccc(C(N)=O)cc21)C(C)(C)C. The molecule has 220 valence electrons. The molecule has 5 atom stereocenters.